The zero-order valence-electron chi connectivity index (χ0n) is 15.5. The summed E-state index contributed by atoms with van der Waals surface area (Å²) in [6, 6.07) is 8.15. The van der Waals surface area contributed by atoms with Gasteiger partial charge in [0.05, 0.1) is 5.69 Å². The molecule has 1 aromatic carbocycles. The van der Waals surface area contributed by atoms with Crippen LogP contribution in [0.5, 0.6) is 0 Å². The SMILES string of the molecule is Cc1nn(C)c(C)c1CCC(=O)Nc1ccccc1CN1CCCC1. The van der Waals surface area contributed by atoms with Gasteiger partial charge in [-0.15, -0.1) is 0 Å². The highest BCUT2D eigenvalue weighted by Gasteiger charge is 2.15. The Morgan fingerprint density at radius 2 is 1.92 bits per heavy atom. The summed E-state index contributed by atoms with van der Waals surface area (Å²) in [6.07, 6.45) is 3.76. The quantitative estimate of drug-likeness (QED) is 0.878. The molecule has 134 valence electrons. The topological polar surface area (TPSA) is 50.2 Å². The Kier molecular flexibility index (Phi) is 5.53. The lowest BCUT2D eigenvalue weighted by Gasteiger charge is -2.17. The van der Waals surface area contributed by atoms with E-state index < -0.39 is 0 Å². The maximum absolute atomic E-state index is 12.5. The molecule has 1 aliphatic rings. The largest absolute Gasteiger partial charge is 0.326 e. The van der Waals surface area contributed by atoms with E-state index in [2.05, 4.69) is 28.3 Å². The Hall–Kier alpha value is -2.14. The molecule has 0 radical (unpaired) electrons. The third-order valence-corrected chi connectivity index (χ3v) is 5.15. The zero-order chi connectivity index (χ0) is 17.8. The monoisotopic (exact) mass is 340 g/mol. The van der Waals surface area contributed by atoms with Crippen LogP contribution >= 0.6 is 0 Å². The Morgan fingerprint density at radius 1 is 1.20 bits per heavy atom. The van der Waals surface area contributed by atoms with Gasteiger partial charge in [-0.3, -0.25) is 14.4 Å². The van der Waals surface area contributed by atoms with Crippen molar-refractivity contribution in [2.75, 3.05) is 18.4 Å². The third-order valence-electron chi connectivity index (χ3n) is 5.15. The molecule has 0 aliphatic carbocycles. The van der Waals surface area contributed by atoms with Gasteiger partial charge in [0.2, 0.25) is 5.91 Å². The van der Waals surface area contributed by atoms with Gasteiger partial charge in [-0.25, -0.2) is 0 Å². The van der Waals surface area contributed by atoms with E-state index >= 15 is 0 Å². The van der Waals surface area contributed by atoms with Crippen molar-refractivity contribution >= 4 is 11.6 Å². The predicted molar refractivity (Wildman–Crippen MR) is 101 cm³/mol. The first-order chi connectivity index (χ1) is 12.0. The van der Waals surface area contributed by atoms with Crippen LogP contribution in [0.2, 0.25) is 0 Å². The minimum atomic E-state index is 0.0662. The summed E-state index contributed by atoms with van der Waals surface area (Å²) < 4.78 is 1.88. The number of rotatable bonds is 6. The van der Waals surface area contributed by atoms with Crippen LogP contribution in [0.3, 0.4) is 0 Å². The second-order valence-corrected chi connectivity index (χ2v) is 6.96. The van der Waals surface area contributed by atoms with Gasteiger partial charge in [0.25, 0.3) is 0 Å². The second-order valence-electron chi connectivity index (χ2n) is 6.96. The lowest BCUT2D eigenvalue weighted by Crippen LogP contribution is -2.20. The highest BCUT2D eigenvalue weighted by Crippen LogP contribution is 2.21. The standard InChI is InChI=1S/C20H28N4O/c1-15-18(16(2)23(3)22-15)10-11-20(25)21-19-9-5-4-8-17(19)14-24-12-6-7-13-24/h4-5,8-9H,6-7,10-14H2,1-3H3,(H,21,25). The molecule has 0 atom stereocenters. The number of amides is 1. The minimum Gasteiger partial charge on any atom is -0.326 e. The maximum atomic E-state index is 12.5. The number of aromatic nitrogens is 2. The average Bonchev–Trinajstić information content (AvgIpc) is 3.17. The van der Waals surface area contributed by atoms with Gasteiger partial charge in [-0.2, -0.15) is 5.10 Å². The summed E-state index contributed by atoms with van der Waals surface area (Å²) in [5, 5.41) is 7.53. The second kappa shape index (κ2) is 7.83. The van der Waals surface area contributed by atoms with Crippen molar-refractivity contribution in [2.24, 2.45) is 7.05 Å². The summed E-state index contributed by atoms with van der Waals surface area (Å²) in [7, 11) is 1.94. The van der Waals surface area contributed by atoms with E-state index in [1.165, 1.54) is 24.0 Å². The first kappa shape index (κ1) is 17.7. The summed E-state index contributed by atoms with van der Waals surface area (Å²) in [5.74, 6) is 0.0662. The minimum absolute atomic E-state index is 0.0662. The number of hydrogen-bond acceptors (Lipinski definition) is 3. The molecule has 1 N–H and O–H groups in total. The van der Waals surface area contributed by atoms with Crippen molar-refractivity contribution in [2.45, 2.75) is 46.1 Å². The molecule has 1 fully saturated rings. The number of carbonyl (C=O) groups excluding carboxylic acids is 1. The van der Waals surface area contributed by atoms with Crippen molar-refractivity contribution in [3.8, 4) is 0 Å². The van der Waals surface area contributed by atoms with E-state index in [4.69, 9.17) is 0 Å². The van der Waals surface area contributed by atoms with Gasteiger partial charge >= 0.3 is 0 Å². The Bertz CT molecular complexity index is 744. The Morgan fingerprint density at radius 3 is 2.60 bits per heavy atom. The molecule has 5 heteroatoms. The number of nitrogens with one attached hydrogen (secondary N) is 1. The fourth-order valence-electron chi connectivity index (χ4n) is 3.59. The molecule has 1 saturated heterocycles. The van der Waals surface area contributed by atoms with Crippen molar-refractivity contribution in [1.82, 2.24) is 14.7 Å². The summed E-state index contributed by atoms with van der Waals surface area (Å²) >= 11 is 0. The van der Waals surface area contributed by atoms with Crippen LogP contribution in [0, 0.1) is 13.8 Å². The number of anilines is 1. The van der Waals surface area contributed by atoms with Gasteiger partial charge in [0.1, 0.15) is 0 Å². The average molecular weight is 340 g/mol. The van der Waals surface area contributed by atoms with Crippen molar-refractivity contribution in [1.29, 1.82) is 0 Å². The highest BCUT2D eigenvalue weighted by molar-refractivity contribution is 5.91. The first-order valence-corrected chi connectivity index (χ1v) is 9.14. The van der Waals surface area contributed by atoms with Crippen LogP contribution in [0.15, 0.2) is 24.3 Å². The van der Waals surface area contributed by atoms with Crippen LogP contribution in [0.25, 0.3) is 0 Å². The Labute approximate surface area is 150 Å². The van der Waals surface area contributed by atoms with Gasteiger partial charge in [-0.05, 0) is 63.4 Å². The maximum Gasteiger partial charge on any atom is 0.224 e. The molecule has 1 aliphatic heterocycles. The van der Waals surface area contributed by atoms with Crippen molar-refractivity contribution in [3.05, 3.63) is 46.8 Å². The molecule has 1 amide bonds. The molecule has 2 aromatic rings. The van der Waals surface area contributed by atoms with Gasteiger partial charge < -0.3 is 5.32 Å². The molecule has 25 heavy (non-hydrogen) atoms. The lowest BCUT2D eigenvalue weighted by molar-refractivity contribution is -0.116. The van der Waals surface area contributed by atoms with E-state index in [1.807, 2.05) is 36.9 Å². The number of likely N-dealkylation sites (tertiary alicyclic amines) is 1. The fraction of sp³-hybridized carbons (Fsp3) is 0.500. The van der Waals surface area contributed by atoms with Crippen molar-refractivity contribution in [3.63, 3.8) is 0 Å². The number of benzene rings is 1. The number of aryl methyl sites for hydroxylation is 2. The van der Waals surface area contributed by atoms with E-state index in [0.29, 0.717) is 6.42 Å². The van der Waals surface area contributed by atoms with E-state index in [-0.39, 0.29) is 5.91 Å². The van der Waals surface area contributed by atoms with Crippen LogP contribution in [-0.4, -0.2) is 33.7 Å². The molecule has 0 bridgehead atoms. The van der Waals surface area contributed by atoms with Crippen LogP contribution in [-0.2, 0) is 24.8 Å². The van der Waals surface area contributed by atoms with Crippen LogP contribution in [0.1, 0.15) is 41.8 Å². The number of nitrogens with zero attached hydrogens (tertiary/aromatic N) is 3. The molecule has 0 unspecified atom stereocenters. The van der Waals surface area contributed by atoms with Crippen LogP contribution < -0.4 is 5.32 Å². The lowest BCUT2D eigenvalue weighted by atomic mass is 10.1. The first-order valence-electron chi connectivity index (χ1n) is 9.14. The zero-order valence-corrected chi connectivity index (χ0v) is 15.5. The van der Waals surface area contributed by atoms with E-state index in [9.17, 15) is 4.79 Å². The molecule has 3 rings (SSSR count). The van der Waals surface area contributed by atoms with Gasteiger partial charge in [0.15, 0.2) is 0 Å². The summed E-state index contributed by atoms with van der Waals surface area (Å²) in [5.41, 5.74) is 5.48. The number of para-hydroxylation sites is 1. The molecule has 0 spiro atoms. The molecule has 0 saturated carbocycles. The van der Waals surface area contributed by atoms with E-state index in [1.54, 1.807) is 0 Å². The predicted octanol–water partition coefficient (Wildman–Crippen LogP) is 3.20. The van der Waals surface area contributed by atoms with Gasteiger partial charge in [0, 0.05) is 31.4 Å². The molecular weight excluding hydrogens is 312 g/mol. The third kappa shape index (κ3) is 4.28. The number of hydrogen-bond donors (Lipinski definition) is 1. The summed E-state index contributed by atoms with van der Waals surface area (Å²) in [4.78, 5) is 14.9. The van der Waals surface area contributed by atoms with Gasteiger partial charge in [-0.1, -0.05) is 18.2 Å². The normalized spacial score (nSPS) is 14.8. The molecule has 5 nitrogen and oxygen atoms in total. The number of carbonyl (C=O) groups is 1. The molecular formula is C20H28N4O. The van der Waals surface area contributed by atoms with Crippen molar-refractivity contribution < 1.29 is 4.79 Å². The van der Waals surface area contributed by atoms with E-state index in [0.717, 1.165) is 43.1 Å². The molecule has 1 aromatic heterocycles. The summed E-state index contributed by atoms with van der Waals surface area (Å²) in [6.45, 7) is 7.28. The van der Waals surface area contributed by atoms with Crippen LogP contribution in [0.4, 0.5) is 5.69 Å². The highest BCUT2D eigenvalue weighted by atomic mass is 16.1. The smallest absolute Gasteiger partial charge is 0.224 e. The Balaban J connectivity index is 1.61. The molecule has 2 heterocycles. The fourth-order valence-corrected chi connectivity index (χ4v) is 3.59.